The van der Waals surface area contributed by atoms with Crippen molar-refractivity contribution in [2.45, 2.75) is 20.6 Å². The van der Waals surface area contributed by atoms with Crippen LogP contribution in [0.25, 0.3) is 0 Å². The summed E-state index contributed by atoms with van der Waals surface area (Å²) in [4.78, 5) is -0.200. The largest absolute Gasteiger partial charge is 0.487 e. The molecule has 3 nitrogen and oxygen atoms in total. The first-order valence-electron chi connectivity index (χ1n) is 3.56. The molecule has 1 unspecified atom stereocenters. The lowest BCUT2D eigenvalue weighted by atomic mass is 10.3. The maximum absolute atomic E-state index is 12.5. The van der Waals surface area contributed by atoms with Crippen LogP contribution in [-0.4, -0.2) is 31.8 Å². The molecule has 0 aromatic heterocycles. The Labute approximate surface area is 113 Å². The first-order chi connectivity index (χ1) is 6.98. The molecule has 0 aromatic rings. The number of nitrogens with one attached hydrogen (secondary N) is 1. The molecule has 1 atom stereocenters. The zero-order valence-electron chi connectivity index (χ0n) is 7.07. The second-order valence-corrected chi connectivity index (χ2v) is 6.44. The van der Waals surface area contributed by atoms with Crippen molar-refractivity contribution in [1.29, 1.82) is 0 Å². The molecule has 0 aliphatic carbocycles. The molecule has 0 saturated carbocycles. The van der Waals surface area contributed by atoms with Gasteiger partial charge in [0.15, 0.2) is 6.17 Å². The molecule has 0 saturated heterocycles. The predicted octanol–water partition coefficient (Wildman–Crippen LogP) is 3.22. The topological polar surface area (TPSA) is 27.6 Å². The van der Waals surface area contributed by atoms with Crippen molar-refractivity contribution in [2.24, 2.45) is 5.10 Å². The van der Waals surface area contributed by atoms with Gasteiger partial charge in [0, 0.05) is 0 Å². The number of alkyl halides is 8. The Morgan fingerprint density at radius 3 is 2.00 bits per heavy atom. The number of halogens is 8. The highest BCUT2D eigenvalue weighted by Crippen LogP contribution is 2.50. The van der Waals surface area contributed by atoms with E-state index in [2.05, 4.69) is 5.10 Å². The van der Waals surface area contributed by atoms with Gasteiger partial charge in [0.05, 0.1) is 0 Å². The molecule has 0 amide bonds. The lowest BCUT2D eigenvalue weighted by Gasteiger charge is -2.37. The van der Waals surface area contributed by atoms with E-state index in [1.807, 2.05) is 5.43 Å². The van der Waals surface area contributed by atoms with Crippen LogP contribution >= 0.6 is 58.0 Å². The van der Waals surface area contributed by atoms with E-state index >= 15 is 0 Å². The number of rotatable bonds is 1. The van der Waals surface area contributed by atoms with Crippen molar-refractivity contribution in [1.82, 2.24) is 10.3 Å². The van der Waals surface area contributed by atoms with Crippen LogP contribution < -0.4 is 5.43 Å². The number of hydrazone groups is 1. The molecule has 0 fully saturated rings. The Kier molecular flexibility index (Phi) is 3.93. The molecular weight excluding hydrogens is 336 g/mol. The standard InChI is InChI=1S/C5H3Cl5F3N3/c6-3(7,4(8,9)10)2-15-14-1-16(2)5(11,12)13/h1-2,15H. The summed E-state index contributed by atoms with van der Waals surface area (Å²) in [6, 6.07) is 0. The summed E-state index contributed by atoms with van der Waals surface area (Å²) < 4.78 is 32.8. The molecule has 1 rings (SSSR count). The van der Waals surface area contributed by atoms with E-state index < -0.39 is 20.6 Å². The molecule has 1 N–H and O–H groups in total. The SMILES string of the molecule is FC(F)(F)N1C=NNC1C(Cl)(Cl)C(Cl)(Cl)Cl. The zero-order chi connectivity index (χ0) is 12.8. The lowest BCUT2D eigenvalue weighted by Crippen LogP contribution is -2.59. The summed E-state index contributed by atoms with van der Waals surface area (Å²) in [7, 11) is 0. The van der Waals surface area contributed by atoms with E-state index in [1.54, 1.807) is 0 Å². The highest BCUT2D eigenvalue weighted by atomic mass is 35.6. The van der Waals surface area contributed by atoms with Gasteiger partial charge in [-0.15, -0.1) is 13.2 Å². The Morgan fingerprint density at radius 1 is 1.12 bits per heavy atom. The second-order valence-electron chi connectivity index (χ2n) is 2.77. The average molecular weight is 339 g/mol. The van der Waals surface area contributed by atoms with Gasteiger partial charge in [-0.2, -0.15) is 5.10 Å². The van der Waals surface area contributed by atoms with E-state index in [0.717, 1.165) is 0 Å². The van der Waals surface area contributed by atoms with Crippen LogP contribution in [0.15, 0.2) is 5.10 Å². The molecule has 1 aliphatic heterocycles. The van der Waals surface area contributed by atoms with Crippen molar-refractivity contribution in [3.05, 3.63) is 0 Å². The van der Waals surface area contributed by atoms with Crippen LogP contribution in [0.2, 0.25) is 0 Å². The molecule has 1 heterocycles. The van der Waals surface area contributed by atoms with Crippen molar-refractivity contribution >= 4 is 64.3 Å². The normalized spacial score (nSPS) is 22.5. The van der Waals surface area contributed by atoms with Gasteiger partial charge in [-0.1, -0.05) is 58.0 Å². The average Bonchev–Trinajstić information content (AvgIpc) is 2.47. The molecule has 0 spiro atoms. The lowest BCUT2D eigenvalue weighted by molar-refractivity contribution is -0.227. The number of hydrogen-bond donors (Lipinski definition) is 1. The molecule has 1 aliphatic rings. The van der Waals surface area contributed by atoms with Crippen LogP contribution in [0.5, 0.6) is 0 Å². The van der Waals surface area contributed by atoms with Crippen LogP contribution in [0.4, 0.5) is 13.2 Å². The molecule has 94 valence electrons. The second kappa shape index (κ2) is 4.31. The summed E-state index contributed by atoms with van der Waals surface area (Å²) in [5.74, 6) is 0. The van der Waals surface area contributed by atoms with E-state index in [9.17, 15) is 13.2 Å². The van der Waals surface area contributed by atoms with Crippen LogP contribution in [0.3, 0.4) is 0 Å². The number of nitrogens with zero attached hydrogens (tertiary/aromatic N) is 2. The van der Waals surface area contributed by atoms with Crippen LogP contribution in [0.1, 0.15) is 0 Å². The minimum atomic E-state index is -4.75. The van der Waals surface area contributed by atoms with E-state index in [-0.39, 0.29) is 4.90 Å². The monoisotopic (exact) mass is 337 g/mol. The van der Waals surface area contributed by atoms with Gasteiger partial charge in [-0.25, -0.2) is 4.90 Å². The Bertz CT molecular complexity index is 299. The van der Waals surface area contributed by atoms with E-state index in [4.69, 9.17) is 58.0 Å². The first kappa shape index (κ1) is 14.6. The summed E-state index contributed by atoms with van der Waals surface area (Å²) >= 11 is 27.4. The third-order valence-corrected chi connectivity index (χ3v) is 4.13. The summed E-state index contributed by atoms with van der Waals surface area (Å²) in [5, 5.41) is 3.18. The zero-order valence-corrected chi connectivity index (χ0v) is 10.9. The van der Waals surface area contributed by atoms with Gasteiger partial charge in [0.2, 0.25) is 8.13 Å². The molecule has 11 heteroatoms. The Hall–Kier alpha value is 0.510. The fourth-order valence-electron chi connectivity index (χ4n) is 0.918. The highest BCUT2D eigenvalue weighted by Gasteiger charge is 2.59. The minimum absolute atomic E-state index is 0.200. The fraction of sp³-hybridized carbons (Fsp3) is 0.800. The molecule has 0 radical (unpaired) electrons. The molecular formula is C5H3Cl5F3N3. The van der Waals surface area contributed by atoms with Crippen molar-refractivity contribution in [2.75, 3.05) is 0 Å². The first-order valence-corrected chi connectivity index (χ1v) is 5.45. The van der Waals surface area contributed by atoms with Crippen LogP contribution in [-0.2, 0) is 0 Å². The summed E-state index contributed by atoms with van der Waals surface area (Å²) in [6.45, 7) is 0. The van der Waals surface area contributed by atoms with Gasteiger partial charge in [-0.05, 0) is 0 Å². The quantitative estimate of drug-likeness (QED) is 0.587. The Morgan fingerprint density at radius 2 is 1.62 bits per heavy atom. The smallest absolute Gasteiger partial charge is 0.283 e. The summed E-state index contributed by atoms with van der Waals surface area (Å²) in [5.41, 5.74) is 2.02. The van der Waals surface area contributed by atoms with Crippen LogP contribution in [0, 0.1) is 0 Å². The molecule has 0 bridgehead atoms. The van der Waals surface area contributed by atoms with E-state index in [0.29, 0.717) is 6.34 Å². The van der Waals surface area contributed by atoms with Gasteiger partial charge in [0.25, 0.3) is 0 Å². The molecule has 16 heavy (non-hydrogen) atoms. The predicted molar refractivity (Wildman–Crippen MR) is 58.0 cm³/mol. The molecule has 0 aromatic carbocycles. The highest BCUT2D eigenvalue weighted by molar-refractivity contribution is 6.75. The van der Waals surface area contributed by atoms with Gasteiger partial charge in [0.1, 0.15) is 6.34 Å². The third-order valence-electron chi connectivity index (χ3n) is 1.67. The van der Waals surface area contributed by atoms with Gasteiger partial charge in [-0.3, -0.25) is 5.43 Å². The maximum atomic E-state index is 12.5. The third kappa shape index (κ3) is 2.67. The summed E-state index contributed by atoms with van der Waals surface area (Å²) in [6.07, 6.45) is -6.02. The fourth-order valence-corrected chi connectivity index (χ4v) is 1.54. The van der Waals surface area contributed by atoms with Gasteiger partial charge >= 0.3 is 6.30 Å². The minimum Gasteiger partial charge on any atom is -0.283 e. The van der Waals surface area contributed by atoms with Crippen molar-refractivity contribution < 1.29 is 13.2 Å². The van der Waals surface area contributed by atoms with Crippen molar-refractivity contribution in [3.8, 4) is 0 Å². The number of hydrogen-bond acceptors (Lipinski definition) is 3. The maximum Gasteiger partial charge on any atom is 0.487 e. The van der Waals surface area contributed by atoms with Gasteiger partial charge < -0.3 is 0 Å². The Balaban J connectivity index is 2.98. The van der Waals surface area contributed by atoms with Crippen molar-refractivity contribution in [3.63, 3.8) is 0 Å². The van der Waals surface area contributed by atoms with E-state index in [1.165, 1.54) is 0 Å².